The number of hydrogen-bond acceptors (Lipinski definition) is 5. The molecule has 0 spiro atoms. The Morgan fingerprint density at radius 3 is 2.36 bits per heavy atom. The highest BCUT2D eigenvalue weighted by atomic mass is 32.1. The van der Waals surface area contributed by atoms with E-state index in [1.165, 1.54) is 27.0 Å². The number of hydrogen-bond donors (Lipinski definition) is 0. The van der Waals surface area contributed by atoms with Crippen molar-refractivity contribution in [2.75, 3.05) is 0 Å². The van der Waals surface area contributed by atoms with Gasteiger partial charge in [-0.15, -0.1) is 10.2 Å². The van der Waals surface area contributed by atoms with Gasteiger partial charge in [0.15, 0.2) is 5.69 Å². The summed E-state index contributed by atoms with van der Waals surface area (Å²) in [5, 5.41) is 13.8. The van der Waals surface area contributed by atoms with Crippen molar-refractivity contribution in [3.63, 3.8) is 0 Å². The Morgan fingerprint density at radius 1 is 0.964 bits per heavy atom. The molecule has 0 amide bonds. The molecule has 0 fully saturated rings. The van der Waals surface area contributed by atoms with Gasteiger partial charge in [-0.2, -0.15) is 9.61 Å². The summed E-state index contributed by atoms with van der Waals surface area (Å²) in [6.45, 7) is 6.55. The van der Waals surface area contributed by atoms with Gasteiger partial charge >= 0.3 is 5.56 Å². The summed E-state index contributed by atoms with van der Waals surface area (Å²) < 4.78 is 1.37. The summed E-state index contributed by atoms with van der Waals surface area (Å²) in [5.74, 6) is 0.719. The average molecular weight is 391 g/mol. The van der Waals surface area contributed by atoms with E-state index in [2.05, 4.69) is 60.3 Å². The number of rotatable bonds is 5. The van der Waals surface area contributed by atoms with Crippen LogP contribution in [-0.4, -0.2) is 19.8 Å². The molecule has 0 N–H and O–H groups in total. The van der Waals surface area contributed by atoms with Crippen molar-refractivity contribution in [3.05, 3.63) is 81.1 Å². The molecule has 0 saturated heterocycles. The SMILES string of the molecule is CC(C)Cc1ccc([C@@H](C)c2nn3c(=O)c(-c4ccccc4)nnc3s2)cc1. The Kier molecular flexibility index (Phi) is 5.05. The Hall–Kier alpha value is -2.86. The third-order valence-corrected chi connectivity index (χ3v) is 5.83. The van der Waals surface area contributed by atoms with Crippen molar-refractivity contribution in [1.82, 2.24) is 19.8 Å². The fourth-order valence-electron chi connectivity index (χ4n) is 3.24. The summed E-state index contributed by atoms with van der Waals surface area (Å²) in [6.07, 6.45) is 1.07. The van der Waals surface area contributed by atoms with E-state index in [1.54, 1.807) is 0 Å². The van der Waals surface area contributed by atoms with E-state index in [0.717, 1.165) is 17.0 Å². The fraction of sp³-hybridized carbons (Fsp3) is 0.273. The first kappa shape index (κ1) is 18.5. The number of benzene rings is 2. The molecular weight excluding hydrogens is 368 g/mol. The van der Waals surface area contributed by atoms with Crippen LogP contribution in [0, 0.1) is 5.92 Å². The maximum Gasteiger partial charge on any atom is 0.302 e. The largest absolute Gasteiger partial charge is 0.302 e. The minimum Gasteiger partial charge on any atom is -0.265 e. The van der Waals surface area contributed by atoms with Crippen molar-refractivity contribution in [3.8, 4) is 11.3 Å². The Bertz CT molecular complexity index is 1150. The predicted molar refractivity (Wildman–Crippen MR) is 113 cm³/mol. The van der Waals surface area contributed by atoms with Gasteiger partial charge in [0, 0.05) is 11.5 Å². The normalized spacial score (nSPS) is 12.6. The number of nitrogens with zero attached hydrogens (tertiary/aromatic N) is 4. The highest BCUT2D eigenvalue weighted by Crippen LogP contribution is 2.28. The maximum atomic E-state index is 12.9. The van der Waals surface area contributed by atoms with Gasteiger partial charge in [-0.25, -0.2) is 0 Å². The molecule has 5 nitrogen and oxygen atoms in total. The van der Waals surface area contributed by atoms with Gasteiger partial charge in [-0.3, -0.25) is 4.79 Å². The third-order valence-electron chi connectivity index (χ3n) is 4.75. The molecule has 0 aliphatic carbocycles. The lowest BCUT2D eigenvalue weighted by Gasteiger charge is -2.10. The van der Waals surface area contributed by atoms with Crippen LogP contribution in [0.25, 0.3) is 16.2 Å². The molecule has 2 aromatic heterocycles. The van der Waals surface area contributed by atoms with Gasteiger partial charge in [0.2, 0.25) is 4.96 Å². The Morgan fingerprint density at radius 2 is 1.68 bits per heavy atom. The van der Waals surface area contributed by atoms with Crippen molar-refractivity contribution < 1.29 is 0 Å². The molecule has 4 aromatic rings. The molecule has 0 radical (unpaired) electrons. The summed E-state index contributed by atoms with van der Waals surface area (Å²) in [5.41, 5.74) is 3.34. The second-order valence-corrected chi connectivity index (χ2v) is 8.40. The average Bonchev–Trinajstić information content (AvgIpc) is 3.14. The molecule has 0 saturated carbocycles. The van der Waals surface area contributed by atoms with Gasteiger partial charge in [0.25, 0.3) is 0 Å². The predicted octanol–water partition coefficient (Wildman–Crippen LogP) is 4.56. The molecule has 2 heterocycles. The highest BCUT2D eigenvalue weighted by molar-refractivity contribution is 7.16. The lowest BCUT2D eigenvalue weighted by Crippen LogP contribution is -2.19. The van der Waals surface area contributed by atoms with Crippen molar-refractivity contribution in [1.29, 1.82) is 0 Å². The quantitative estimate of drug-likeness (QED) is 0.501. The van der Waals surface area contributed by atoms with E-state index < -0.39 is 0 Å². The highest BCUT2D eigenvalue weighted by Gasteiger charge is 2.18. The summed E-state index contributed by atoms with van der Waals surface area (Å²) >= 11 is 1.41. The first-order chi connectivity index (χ1) is 13.5. The van der Waals surface area contributed by atoms with Gasteiger partial charge in [0.05, 0.1) is 0 Å². The summed E-state index contributed by atoms with van der Waals surface area (Å²) in [7, 11) is 0. The summed E-state index contributed by atoms with van der Waals surface area (Å²) in [4.78, 5) is 13.4. The van der Waals surface area contributed by atoms with Crippen LogP contribution >= 0.6 is 11.3 Å². The number of fused-ring (bicyclic) bond motifs is 1. The Labute approximate surface area is 167 Å². The Balaban J connectivity index is 1.68. The van der Waals surface area contributed by atoms with Crippen LogP contribution in [0.3, 0.4) is 0 Å². The van der Waals surface area contributed by atoms with Crippen LogP contribution in [0.4, 0.5) is 0 Å². The van der Waals surface area contributed by atoms with Crippen LogP contribution in [0.2, 0.25) is 0 Å². The molecule has 0 aliphatic rings. The standard InChI is InChI=1S/C22H22N4OS/c1-14(2)13-16-9-11-17(12-10-16)15(3)20-25-26-21(27)19(23-24-22(26)28-20)18-7-5-4-6-8-18/h4-12,14-15H,13H2,1-3H3/t15-/m1/s1. The van der Waals surface area contributed by atoms with E-state index >= 15 is 0 Å². The van der Waals surface area contributed by atoms with Crippen LogP contribution in [0.1, 0.15) is 42.8 Å². The zero-order valence-electron chi connectivity index (χ0n) is 16.2. The molecule has 4 rings (SSSR count). The van der Waals surface area contributed by atoms with Crippen LogP contribution < -0.4 is 5.56 Å². The molecule has 1 atom stereocenters. The van der Waals surface area contributed by atoms with Gasteiger partial charge in [-0.1, -0.05) is 86.7 Å². The zero-order valence-corrected chi connectivity index (χ0v) is 17.0. The maximum absolute atomic E-state index is 12.9. The molecule has 0 bridgehead atoms. The van der Waals surface area contributed by atoms with Gasteiger partial charge < -0.3 is 0 Å². The lowest BCUT2D eigenvalue weighted by atomic mass is 9.97. The van der Waals surface area contributed by atoms with E-state index in [1.807, 2.05) is 30.3 Å². The van der Waals surface area contributed by atoms with E-state index in [4.69, 9.17) is 0 Å². The molecule has 0 aliphatic heterocycles. The topological polar surface area (TPSA) is 60.2 Å². The lowest BCUT2D eigenvalue weighted by molar-refractivity contribution is 0.647. The molecule has 2 aromatic carbocycles. The summed E-state index contributed by atoms with van der Waals surface area (Å²) in [6, 6.07) is 18.0. The number of aromatic nitrogens is 4. The van der Waals surface area contributed by atoms with Crippen LogP contribution in [-0.2, 0) is 6.42 Å². The van der Waals surface area contributed by atoms with Gasteiger partial charge in [0.1, 0.15) is 5.01 Å². The van der Waals surface area contributed by atoms with Gasteiger partial charge in [-0.05, 0) is 23.5 Å². The van der Waals surface area contributed by atoms with E-state index in [-0.39, 0.29) is 11.5 Å². The zero-order chi connectivity index (χ0) is 19.7. The molecular formula is C22H22N4OS. The second-order valence-electron chi connectivity index (χ2n) is 7.42. The second kappa shape index (κ2) is 7.64. The molecule has 28 heavy (non-hydrogen) atoms. The molecule has 0 unspecified atom stereocenters. The first-order valence-electron chi connectivity index (χ1n) is 9.43. The van der Waals surface area contributed by atoms with Crippen molar-refractivity contribution in [2.24, 2.45) is 5.92 Å². The van der Waals surface area contributed by atoms with E-state index in [0.29, 0.717) is 16.6 Å². The molecule has 6 heteroatoms. The van der Waals surface area contributed by atoms with Crippen LogP contribution in [0.15, 0.2) is 59.4 Å². The van der Waals surface area contributed by atoms with Crippen molar-refractivity contribution >= 4 is 16.3 Å². The van der Waals surface area contributed by atoms with E-state index in [9.17, 15) is 4.79 Å². The minimum absolute atomic E-state index is 0.0828. The first-order valence-corrected chi connectivity index (χ1v) is 10.3. The van der Waals surface area contributed by atoms with Crippen LogP contribution in [0.5, 0.6) is 0 Å². The monoisotopic (exact) mass is 390 g/mol. The molecule has 142 valence electrons. The smallest absolute Gasteiger partial charge is 0.265 e. The minimum atomic E-state index is -0.238. The van der Waals surface area contributed by atoms with Crippen molar-refractivity contribution in [2.45, 2.75) is 33.1 Å². The third kappa shape index (κ3) is 3.60. The fourth-order valence-corrected chi connectivity index (χ4v) is 4.15.